The highest BCUT2D eigenvalue weighted by molar-refractivity contribution is 5.71. The molecule has 0 unspecified atom stereocenters. The van der Waals surface area contributed by atoms with Gasteiger partial charge in [0.05, 0.1) is 19.3 Å². The molecule has 4 heterocycles. The fourth-order valence-corrected chi connectivity index (χ4v) is 4.98. The molecule has 0 amide bonds. The molecule has 2 saturated heterocycles. The molecule has 1 aliphatic carbocycles. The molecule has 10 nitrogen and oxygen atoms in total. The van der Waals surface area contributed by atoms with Crippen LogP contribution in [0.25, 0.3) is 22.6 Å². The molecule has 3 fully saturated rings. The van der Waals surface area contributed by atoms with Crippen LogP contribution >= 0.6 is 0 Å². The van der Waals surface area contributed by atoms with Crippen LogP contribution in [0.1, 0.15) is 32.1 Å². The lowest BCUT2D eigenvalue weighted by atomic mass is 9.96. The Kier molecular flexibility index (Phi) is 4.53. The molecule has 0 radical (unpaired) electrons. The van der Waals surface area contributed by atoms with E-state index in [9.17, 15) is 5.11 Å². The number of hydrogen-bond donors (Lipinski definition) is 2. The summed E-state index contributed by atoms with van der Waals surface area (Å²) < 4.78 is 15.2. The van der Waals surface area contributed by atoms with Crippen LogP contribution in [-0.4, -0.2) is 70.8 Å². The van der Waals surface area contributed by atoms with Crippen molar-refractivity contribution in [1.29, 1.82) is 0 Å². The van der Waals surface area contributed by atoms with Gasteiger partial charge in [-0.05, 0) is 49.5 Å². The number of nitrogens with zero attached hydrogens (tertiary/aromatic N) is 8. The van der Waals surface area contributed by atoms with Gasteiger partial charge in [0.2, 0.25) is 11.8 Å². The van der Waals surface area contributed by atoms with E-state index in [2.05, 4.69) is 40.8 Å². The number of alkyl halides is 1. The fourth-order valence-electron chi connectivity index (χ4n) is 4.98. The number of rotatable bonds is 5. The van der Waals surface area contributed by atoms with Crippen molar-refractivity contribution in [2.24, 2.45) is 7.05 Å². The molecule has 6 rings (SSSR count). The lowest BCUT2D eigenvalue weighted by molar-refractivity contribution is 0.171. The van der Waals surface area contributed by atoms with Gasteiger partial charge < -0.3 is 15.3 Å². The number of phenolic OH excluding ortho intramolecular Hbond substituents is 1. The molecule has 2 aromatic heterocycles. The third-order valence-electron chi connectivity index (χ3n) is 6.67. The minimum absolute atomic E-state index is 0.0246. The second kappa shape index (κ2) is 7.44. The molecule has 11 heteroatoms. The second-order valence-corrected chi connectivity index (χ2v) is 8.91. The summed E-state index contributed by atoms with van der Waals surface area (Å²) in [5.41, 5.74) is 1.60. The number of anilines is 1. The highest BCUT2D eigenvalue weighted by atomic mass is 19.1. The van der Waals surface area contributed by atoms with Crippen molar-refractivity contribution in [1.82, 2.24) is 40.7 Å². The number of tetrazole rings is 1. The van der Waals surface area contributed by atoms with E-state index in [-0.39, 0.29) is 23.9 Å². The molecule has 32 heavy (non-hydrogen) atoms. The molecule has 0 spiro atoms. The first-order valence-corrected chi connectivity index (χ1v) is 11.0. The number of halogens is 1. The van der Waals surface area contributed by atoms with Crippen molar-refractivity contribution in [3.05, 3.63) is 24.4 Å². The first-order valence-electron chi connectivity index (χ1n) is 11.0. The third kappa shape index (κ3) is 3.36. The van der Waals surface area contributed by atoms with Crippen molar-refractivity contribution in [3.8, 4) is 28.4 Å². The average molecular weight is 437 g/mol. The van der Waals surface area contributed by atoms with E-state index in [0.717, 1.165) is 32.1 Å². The van der Waals surface area contributed by atoms with Crippen molar-refractivity contribution in [2.75, 3.05) is 4.90 Å². The molecule has 1 aromatic carbocycles. The van der Waals surface area contributed by atoms with Crippen LogP contribution in [0, 0.1) is 0 Å². The normalized spacial score (nSPS) is 26.9. The quantitative estimate of drug-likeness (QED) is 0.614. The number of phenols is 1. The highest BCUT2D eigenvalue weighted by Gasteiger charge is 2.48. The zero-order valence-electron chi connectivity index (χ0n) is 17.6. The van der Waals surface area contributed by atoms with Crippen LogP contribution in [0.3, 0.4) is 0 Å². The summed E-state index contributed by atoms with van der Waals surface area (Å²) in [4.78, 5) is 7.95. The lowest BCUT2D eigenvalue weighted by Gasteiger charge is -2.40. The Morgan fingerprint density at radius 1 is 1.16 bits per heavy atom. The van der Waals surface area contributed by atoms with E-state index in [4.69, 9.17) is 0 Å². The molecule has 2 aliphatic heterocycles. The average Bonchev–Trinajstić information content (AvgIpc) is 3.39. The van der Waals surface area contributed by atoms with Gasteiger partial charge in [0.1, 0.15) is 17.6 Å². The smallest absolute Gasteiger partial charge is 0.245 e. The maximum Gasteiger partial charge on any atom is 0.245 e. The molecule has 3 aliphatic rings. The SMILES string of the molecule is Cn1nnc(-c2ccc(-c3cnc(N(C4CC4)[C@H]4C[C@@H]5CC[C@H](N5)[C@H]4F)nn3)c(O)c2)n1. The van der Waals surface area contributed by atoms with Crippen LogP contribution in [-0.2, 0) is 7.05 Å². The van der Waals surface area contributed by atoms with Gasteiger partial charge in [-0.2, -0.15) is 4.80 Å². The van der Waals surface area contributed by atoms with Crippen molar-refractivity contribution in [2.45, 2.75) is 62.4 Å². The third-order valence-corrected chi connectivity index (χ3v) is 6.67. The number of hydrogen-bond acceptors (Lipinski definition) is 9. The van der Waals surface area contributed by atoms with Crippen LogP contribution < -0.4 is 10.2 Å². The Hall–Kier alpha value is -3.21. The van der Waals surface area contributed by atoms with Crippen molar-refractivity contribution >= 4 is 5.95 Å². The molecule has 166 valence electrons. The van der Waals surface area contributed by atoms with Crippen LogP contribution in [0.5, 0.6) is 5.75 Å². The number of piperidine rings is 1. The van der Waals surface area contributed by atoms with E-state index in [1.807, 2.05) is 0 Å². The molecular formula is C21H24FN9O. The number of aromatic hydroxyl groups is 1. The Morgan fingerprint density at radius 2 is 2.03 bits per heavy atom. The number of aromatic nitrogens is 7. The summed E-state index contributed by atoms with van der Waals surface area (Å²) in [6.45, 7) is 0. The molecule has 4 atom stereocenters. The van der Waals surface area contributed by atoms with E-state index >= 15 is 4.39 Å². The van der Waals surface area contributed by atoms with Gasteiger partial charge in [-0.1, -0.05) is 6.07 Å². The predicted molar refractivity (Wildman–Crippen MR) is 113 cm³/mol. The lowest BCUT2D eigenvalue weighted by Crippen LogP contribution is -2.57. The molecule has 2 bridgehead atoms. The Labute approximate surface area is 183 Å². The first kappa shape index (κ1) is 19.5. The minimum atomic E-state index is -0.941. The standard InChI is InChI=1S/C21H24FN9O/c1-30-28-20(26-29-30)11-2-6-14(18(32)8-11)16-10-23-21(27-25-16)31(13-4-5-13)17-9-12-3-7-15(24-12)19(17)22/h2,6,8,10,12-13,15,17,19,24,32H,3-5,7,9H2,1H3/t12-,15-,17-,19+/m0/s1. The molecular weight excluding hydrogens is 413 g/mol. The predicted octanol–water partition coefficient (Wildman–Crippen LogP) is 1.63. The summed E-state index contributed by atoms with van der Waals surface area (Å²) in [5, 5.41) is 34.5. The number of fused-ring (bicyclic) bond motifs is 2. The van der Waals surface area contributed by atoms with Gasteiger partial charge in [-0.25, -0.2) is 9.37 Å². The summed E-state index contributed by atoms with van der Waals surface area (Å²) in [5.74, 6) is 0.910. The Bertz CT molecular complexity index is 1130. The van der Waals surface area contributed by atoms with Crippen LogP contribution in [0.4, 0.5) is 10.3 Å². The monoisotopic (exact) mass is 437 g/mol. The maximum absolute atomic E-state index is 15.2. The number of nitrogens with one attached hydrogen (secondary N) is 1. The summed E-state index contributed by atoms with van der Waals surface area (Å²) in [6, 6.07) is 5.42. The van der Waals surface area contributed by atoms with E-state index < -0.39 is 6.17 Å². The van der Waals surface area contributed by atoms with E-state index in [0.29, 0.717) is 34.6 Å². The fraction of sp³-hybridized carbons (Fsp3) is 0.524. The van der Waals surface area contributed by atoms with Crippen molar-refractivity contribution in [3.63, 3.8) is 0 Å². The second-order valence-electron chi connectivity index (χ2n) is 8.91. The van der Waals surface area contributed by atoms with Gasteiger partial charge in [0.15, 0.2) is 0 Å². The van der Waals surface area contributed by atoms with Gasteiger partial charge in [0, 0.05) is 29.3 Å². The largest absolute Gasteiger partial charge is 0.507 e. The molecule has 2 N–H and O–H groups in total. The van der Waals surface area contributed by atoms with Crippen molar-refractivity contribution < 1.29 is 9.50 Å². The van der Waals surface area contributed by atoms with Gasteiger partial charge in [-0.3, -0.25) is 0 Å². The molecule has 3 aromatic rings. The highest BCUT2D eigenvalue weighted by Crippen LogP contribution is 2.39. The minimum Gasteiger partial charge on any atom is -0.507 e. The van der Waals surface area contributed by atoms with E-state index in [1.165, 1.54) is 4.80 Å². The maximum atomic E-state index is 15.2. The van der Waals surface area contributed by atoms with Gasteiger partial charge in [0.25, 0.3) is 0 Å². The Morgan fingerprint density at radius 3 is 2.72 bits per heavy atom. The van der Waals surface area contributed by atoms with Gasteiger partial charge in [-0.15, -0.1) is 20.4 Å². The topological polar surface area (TPSA) is 118 Å². The first-order chi connectivity index (χ1) is 15.6. The summed E-state index contributed by atoms with van der Waals surface area (Å²) >= 11 is 0. The van der Waals surface area contributed by atoms with Crippen LogP contribution in [0.2, 0.25) is 0 Å². The van der Waals surface area contributed by atoms with Crippen LogP contribution in [0.15, 0.2) is 24.4 Å². The summed E-state index contributed by atoms with van der Waals surface area (Å²) in [6.07, 6.45) is 5.37. The molecule has 1 saturated carbocycles. The summed E-state index contributed by atoms with van der Waals surface area (Å²) in [7, 11) is 1.68. The number of aryl methyl sites for hydroxylation is 1. The zero-order chi connectivity index (χ0) is 21.8. The van der Waals surface area contributed by atoms with Gasteiger partial charge >= 0.3 is 0 Å². The Balaban J connectivity index is 1.27. The zero-order valence-corrected chi connectivity index (χ0v) is 17.6. The van der Waals surface area contributed by atoms with E-state index in [1.54, 1.807) is 31.4 Å². The number of benzene rings is 1.